The highest BCUT2D eigenvalue weighted by Crippen LogP contribution is 2.25. The molecule has 0 aliphatic heterocycles. The number of fused-ring (bicyclic) bond motifs is 1. The highest BCUT2D eigenvalue weighted by atomic mass is 32.1. The molecule has 0 saturated heterocycles. The number of hydrogen-bond donors (Lipinski definition) is 1. The molecule has 1 amide bonds. The van der Waals surface area contributed by atoms with Gasteiger partial charge in [0.15, 0.2) is 0 Å². The van der Waals surface area contributed by atoms with Crippen LogP contribution in [0.15, 0.2) is 52.5 Å². The van der Waals surface area contributed by atoms with E-state index in [0.717, 1.165) is 21.4 Å². The first-order valence-electron chi connectivity index (χ1n) is 5.61. The standard InChI is InChI=1S/C14H11NO2S/c16-14(15-8-10-4-3-7-17-10)12-9-18-13-6-2-1-5-11(12)13/h1-7,9H,8H2,(H,15,16). The molecule has 0 bridgehead atoms. The van der Waals surface area contributed by atoms with E-state index < -0.39 is 0 Å². The molecule has 3 aromatic rings. The second-order valence-corrected chi connectivity index (χ2v) is 4.82. The number of benzene rings is 1. The van der Waals surface area contributed by atoms with E-state index in [1.807, 2.05) is 41.8 Å². The Labute approximate surface area is 108 Å². The Bertz CT molecular complexity index is 670. The van der Waals surface area contributed by atoms with E-state index >= 15 is 0 Å². The van der Waals surface area contributed by atoms with Gasteiger partial charge in [0.05, 0.1) is 18.4 Å². The molecule has 0 radical (unpaired) electrons. The zero-order valence-electron chi connectivity index (χ0n) is 9.55. The zero-order valence-corrected chi connectivity index (χ0v) is 10.4. The van der Waals surface area contributed by atoms with Crippen molar-refractivity contribution in [2.75, 3.05) is 0 Å². The minimum Gasteiger partial charge on any atom is -0.467 e. The Morgan fingerprint density at radius 3 is 2.94 bits per heavy atom. The van der Waals surface area contributed by atoms with Crippen LogP contribution in [0.2, 0.25) is 0 Å². The lowest BCUT2D eigenvalue weighted by atomic mass is 10.1. The summed E-state index contributed by atoms with van der Waals surface area (Å²) in [6.07, 6.45) is 1.60. The van der Waals surface area contributed by atoms with Crippen LogP contribution in [0.1, 0.15) is 16.1 Å². The van der Waals surface area contributed by atoms with E-state index in [9.17, 15) is 4.79 Å². The molecule has 1 aromatic carbocycles. The Morgan fingerprint density at radius 1 is 1.22 bits per heavy atom. The van der Waals surface area contributed by atoms with Crippen molar-refractivity contribution in [3.05, 3.63) is 59.4 Å². The average molecular weight is 257 g/mol. The number of furan rings is 1. The molecule has 0 aliphatic carbocycles. The van der Waals surface area contributed by atoms with Gasteiger partial charge in [-0.15, -0.1) is 11.3 Å². The molecule has 3 nitrogen and oxygen atoms in total. The fourth-order valence-corrected chi connectivity index (χ4v) is 2.77. The zero-order chi connectivity index (χ0) is 12.4. The van der Waals surface area contributed by atoms with Crippen LogP contribution in [0, 0.1) is 0 Å². The van der Waals surface area contributed by atoms with E-state index in [2.05, 4.69) is 5.32 Å². The molecule has 0 saturated carbocycles. The molecule has 2 heterocycles. The van der Waals surface area contributed by atoms with E-state index in [1.54, 1.807) is 17.6 Å². The first-order valence-corrected chi connectivity index (χ1v) is 6.49. The minimum atomic E-state index is -0.0659. The molecule has 90 valence electrons. The highest BCUT2D eigenvalue weighted by molar-refractivity contribution is 7.17. The summed E-state index contributed by atoms with van der Waals surface area (Å²) in [5, 5.41) is 5.74. The number of carbonyl (C=O) groups excluding carboxylic acids is 1. The van der Waals surface area contributed by atoms with Crippen LogP contribution >= 0.6 is 11.3 Å². The molecule has 0 atom stereocenters. The maximum Gasteiger partial charge on any atom is 0.253 e. The summed E-state index contributed by atoms with van der Waals surface area (Å²) in [6, 6.07) is 11.5. The average Bonchev–Trinajstić information content (AvgIpc) is 3.05. The van der Waals surface area contributed by atoms with Crippen LogP contribution in [0.4, 0.5) is 0 Å². The number of nitrogens with one attached hydrogen (secondary N) is 1. The summed E-state index contributed by atoms with van der Waals surface area (Å²) in [5.74, 6) is 0.687. The summed E-state index contributed by atoms with van der Waals surface area (Å²) in [5.41, 5.74) is 0.724. The monoisotopic (exact) mass is 257 g/mol. The van der Waals surface area contributed by atoms with Crippen molar-refractivity contribution in [3.63, 3.8) is 0 Å². The normalized spacial score (nSPS) is 10.7. The summed E-state index contributed by atoms with van der Waals surface area (Å²) in [6.45, 7) is 0.413. The van der Waals surface area contributed by atoms with Crippen LogP contribution in [0.3, 0.4) is 0 Å². The number of carbonyl (C=O) groups is 1. The third-order valence-corrected chi connectivity index (χ3v) is 3.69. The van der Waals surface area contributed by atoms with Crippen LogP contribution in [0.5, 0.6) is 0 Å². The number of thiophene rings is 1. The predicted molar refractivity (Wildman–Crippen MR) is 71.7 cm³/mol. The molecule has 3 rings (SSSR count). The summed E-state index contributed by atoms with van der Waals surface area (Å²) in [7, 11) is 0. The van der Waals surface area contributed by atoms with Gasteiger partial charge in [-0.2, -0.15) is 0 Å². The molecule has 2 aromatic heterocycles. The van der Waals surface area contributed by atoms with Crippen molar-refractivity contribution in [1.29, 1.82) is 0 Å². The van der Waals surface area contributed by atoms with Crippen LogP contribution < -0.4 is 5.32 Å². The molecule has 0 fully saturated rings. The summed E-state index contributed by atoms with van der Waals surface area (Å²) >= 11 is 1.58. The number of hydrogen-bond acceptors (Lipinski definition) is 3. The third kappa shape index (κ3) is 2.02. The lowest BCUT2D eigenvalue weighted by Gasteiger charge is -2.01. The third-order valence-electron chi connectivity index (χ3n) is 2.73. The Balaban J connectivity index is 1.80. The summed E-state index contributed by atoms with van der Waals surface area (Å²) in [4.78, 5) is 12.1. The fraction of sp³-hybridized carbons (Fsp3) is 0.0714. The van der Waals surface area contributed by atoms with Gasteiger partial charge < -0.3 is 9.73 Å². The predicted octanol–water partition coefficient (Wildman–Crippen LogP) is 3.42. The van der Waals surface area contributed by atoms with Gasteiger partial charge in [-0.3, -0.25) is 4.79 Å². The van der Waals surface area contributed by atoms with Crippen molar-refractivity contribution in [3.8, 4) is 0 Å². The lowest BCUT2D eigenvalue weighted by molar-refractivity contribution is 0.0950. The molecular formula is C14H11NO2S. The molecule has 0 unspecified atom stereocenters. The van der Waals surface area contributed by atoms with E-state index in [-0.39, 0.29) is 5.91 Å². The van der Waals surface area contributed by atoms with Crippen molar-refractivity contribution in [1.82, 2.24) is 5.32 Å². The Hall–Kier alpha value is -2.07. The Morgan fingerprint density at radius 2 is 2.11 bits per heavy atom. The molecule has 0 aliphatic rings. The van der Waals surface area contributed by atoms with Crippen molar-refractivity contribution < 1.29 is 9.21 Å². The van der Waals surface area contributed by atoms with E-state index in [1.165, 1.54) is 0 Å². The smallest absolute Gasteiger partial charge is 0.253 e. The second-order valence-electron chi connectivity index (χ2n) is 3.91. The fourth-order valence-electron chi connectivity index (χ4n) is 1.83. The summed E-state index contributed by atoms with van der Waals surface area (Å²) < 4.78 is 6.30. The van der Waals surface area contributed by atoms with E-state index in [4.69, 9.17) is 4.42 Å². The van der Waals surface area contributed by atoms with Gasteiger partial charge in [-0.05, 0) is 18.2 Å². The van der Waals surface area contributed by atoms with E-state index in [0.29, 0.717) is 6.54 Å². The van der Waals surface area contributed by atoms with Gasteiger partial charge in [0.25, 0.3) is 5.91 Å². The first-order chi connectivity index (χ1) is 8.84. The number of rotatable bonds is 3. The minimum absolute atomic E-state index is 0.0659. The van der Waals surface area contributed by atoms with Crippen LogP contribution in [-0.2, 0) is 6.54 Å². The van der Waals surface area contributed by atoms with Gasteiger partial charge in [0.1, 0.15) is 5.76 Å². The van der Waals surface area contributed by atoms with Gasteiger partial charge in [0.2, 0.25) is 0 Å². The number of amides is 1. The van der Waals surface area contributed by atoms with Gasteiger partial charge in [-0.25, -0.2) is 0 Å². The molecule has 0 spiro atoms. The quantitative estimate of drug-likeness (QED) is 0.781. The van der Waals surface area contributed by atoms with Gasteiger partial charge in [-0.1, -0.05) is 18.2 Å². The topological polar surface area (TPSA) is 42.2 Å². The van der Waals surface area contributed by atoms with Crippen molar-refractivity contribution >= 4 is 27.3 Å². The SMILES string of the molecule is O=C(NCc1ccco1)c1csc2ccccc12. The maximum absolute atomic E-state index is 12.1. The second kappa shape index (κ2) is 4.66. The van der Waals surface area contributed by atoms with Crippen LogP contribution in [0.25, 0.3) is 10.1 Å². The maximum atomic E-state index is 12.1. The molecule has 18 heavy (non-hydrogen) atoms. The highest BCUT2D eigenvalue weighted by Gasteiger charge is 2.11. The molecule has 1 N–H and O–H groups in total. The van der Waals surface area contributed by atoms with Gasteiger partial charge >= 0.3 is 0 Å². The van der Waals surface area contributed by atoms with Crippen molar-refractivity contribution in [2.24, 2.45) is 0 Å². The van der Waals surface area contributed by atoms with Crippen molar-refractivity contribution in [2.45, 2.75) is 6.54 Å². The van der Waals surface area contributed by atoms with Gasteiger partial charge in [0, 0.05) is 15.5 Å². The molecular weight excluding hydrogens is 246 g/mol. The first kappa shape index (κ1) is 11.0. The largest absolute Gasteiger partial charge is 0.467 e. The lowest BCUT2D eigenvalue weighted by Crippen LogP contribution is -2.22. The Kier molecular flexibility index (Phi) is 2.86. The molecule has 4 heteroatoms. The van der Waals surface area contributed by atoms with Crippen LogP contribution in [-0.4, -0.2) is 5.91 Å².